The van der Waals surface area contributed by atoms with Crippen molar-refractivity contribution in [2.45, 2.75) is 6.10 Å². The van der Waals surface area contributed by atoms with E-state index >= 15 is 0 Å². The van der Waals surface area contributed by atoms with Crippen molar-refractivity contribution in [3.8, 4) is 0 Å². The zero-order chi connectivity index (χ0) is 19.5. The molecule has 7 nitrogen and oxygen atoms in total. The number of ether oxygens (including phenoxy) is 2. The molecular formula is C19H20FN3O4S. The molecule has 1 atom stereocenters. The van der Waals surface area contributed by atoms with Crippen LogP contribution in [0.1, 0.15) is 10.4 Å². The van der Waals surface area contributed by atoms with Gasteiger partial charge in [-0.1, -0.05) is 0 Å². The third kappa shape index (κ3) is 3.95. The van der Waals surface area contributed by atoms with Gasteiger partial charge >= 0.3 is 6.09 Å². The van der Waals surface area contributed by atoms with Crippen LogP contribution in [0.25, 0.3) is 0 Å². The molecule has 28 heavy (non-hydrogen) atoms. The molecule has 2 fully saturated rings. The SMILES string of the molecule is O=C(NC[C@H]1CN(c2ccc(N3CCOCC3)c(F)c2)C(=O)O1)c1ccsc1. The van der Waals surface area contributed by atoms with Gasteiger partial charge in [-0.3, -0.25) is 9.69 Å². The number of carbonyl (C=O) groups is 2. The Hall–Kier alpha value is -2.65. The Morgan fingerprint density at radius 3 is 2.82 bits per heavy atom. The first-order chi connectivity index (χ1) is 13.6. The number of nitrogens with zero attached hydrogens (tertiary/aromatic N) is 2. The Bertz CT molecular complexity index is 855. The third-order valence-electron chi connectivity index (χ3n) is 4.74. The van der Waals surface area contributed by atoms with Crippen molar-refractivity contribution in [1.29, 1.82) is 0 Å². The van der Waals surface area contributed by atoms with Crippen LogP contribution in [0.4, 0.5) is 20.6 Å². The highest BCUT2D eigenvalue weighted by molar-refractivity contribution is 7.08. The van der Waals surface area contributed by atoms with Gasteiger partial charge in [0, 0.05) is 24.0 Å². The van der Waals surface area contributed by atoms with Crippen LogP contribution in [0.2, 0.25) is 0 Å². The lowest BCUT2D eigenvalue weighted by molar-refractivity contribution is 0.0916. The van der Waals surface area contributed by atoms with Gasteiger partial charge in [-0.05, 0) is 29.6 Å². The smallest absolute Gasteiger partial charge is 0.414 e. The van der Waals surface area contributed by atoms with Crippen LogP contribution in [0.3, 0.4) is 0 Å². The second kappa shape index (κ2) is 8.15. The fraction of sp³-hybridized carbons (Fsp3) is 0.368. The highest BCUT2D eigenvalue weighted by Gasteiger charge is 2.33. The quantitative estimate of drug-likeness (QED) is 0.828. The zero-order valence-corrected chi connectivity index (χ0v) is 15.9. The number of benzene rings is 1. The summed E-state index contributed by atoms with van der Waals surface area (Å²) in [6, 6.07) is 6.46. The molecule has 0 unspecified atom stereocenters. The van der Waals surface area contributed by atoms with E-state index in [4.69, 9.17) is 9.47 Å². The number of amides is 2. The van der Waals surface area contributed by atoms with Gasteiger partial charge in [0.05, 0.1) is 37.7 Å². The van der Waals surface area contributed by atoms with Gasteiger partial charge in [0.15, 0.2) is 0 Å². The first-order valence-corrected chi connectivity index (χ1v) is 9.97. The minimum Gasteiger partial charge on any atom is -0.442 e. The number of hydrogen-bond donors (Lipinski definition) is 1. The summed E-state index contributed by atoms with van der Waals surface area (Å²) < 4.78 is 25.2. The number of thiophene rings is 1. The van der Waals surface area contributed by atoms with E-state index < -0.39 is 12.2 Å². The van der Waals surface area contributed by atoms with Crippen molar-refractivity contribution >= 4 is 34.7 Å². The fourth-order valence-electron chi connectivity index (χ4n) is 3.27. The maximum Gasteiger partial charge on any atom is 0.414 e. The van der Waals surface area contributed by atoms with Gasteiger partial charge in [0.2, 0.25) is 0 Å². The zero-order valence-electron chi connectivity index (χ0n) is 15.1. The molecule has 0 radical (unpaired) electrons. The molecule has 0 bridgehead atoms. The van der Waals surface area contributed by atoms with Gasteiger partial charge < -0.3 is 19.7 Å². The minimum atomic E-state index is -0.548. The summed E-state index contributed by atoms with van der Waals surface area (Å²) in [7, 11) is 0. The van der Waals surface area contributed by atoms with Crippen LogP contribution in [-0.2, 0) is 9.47 Å². The predicted molar refractivity (Wildman–Crippen MR) is 104 cm³/mol. The molecule has 2 aromatic rings. The van der Waals surface area contributed by atoms with Crippen LogP contribution < -0.4 is 15.1 Å². The summed E-state index contributed by atoms with van der Waals surface area (Å²) in [6.07, 6.45) is -1.04. The molecule has 0 aliphatic carbocycles. The number of halogens is 1. The Morgan fingerprint density at radius 2 is 2.11 bits per heavy atom. The molecule has 1 aromatic heterocycles. The van der Waals surface area contributed by atoms with Crippen LogP contribution >= 0.6 is 11.3 Å². The van der Waals surface area contributed by atoms with Crippen molar-refractivity contribution in [3.05, 3.63) is 46.4 Å². The number of cyclic esters (lactones) is 1. The summed E-state index contributed by atoms with van der Waals surface area (Å²) in [4.78, 5) is 27.5. The minimum absolute atomic E-state index is 0.200. The molecule has 0 spiro atoms. The van der Waals surface area contributed by atoms with E-state index in [2.05, 4.69) is 5.32 Å². The largest absolute Gasteiger partial charge is 0.442 e. The normalized spacial score (nSPS) is 19.6. The topological polar surface area (TPSA) is 71.1 Å². The number of nitrogens with one attached hydrogen (secondary N) is 1. The van der Waals surface area contributed by atoms with E-state index in [1.807, 2.05) is 10.3 Å². The molecule has 3 heterocycles. The van der Waals surface area contributed by atoms with Crippen LogP contribution in [0, 0.1) is 5.82 Å². The highest BCUT2D eigenvalue weighted by atomic mass is 32.1. The molecule has 2 saturated heterocycles. The molecule has 2 aliphatic heterocycles. The summed E-state index contributed by atoms with van der Waals surface area (Å²) >= 11 is 1.44. The average Bonchev–Trinajstić information content (AvgIpc) is 3.37. The molecule has 1 N–H and O–H groups in total. The molecule has 4 rings (SSSR count). The summed E-state index contributed by atoms with van der Waals surface area (Å²) in [5, 5.41) is 6.33. The predicted octanol–water partition coefficient (Wildman–Crippen LogP) is 2.48. The summed E-state index contributed by atoms with van der Waals surface area (Å²) in [5.74, 6) is -0.599. The van der Waals surface area contributed by atoms with Crippen molar-refractivity contribution in [2.75, 3.05) is 49.2 Å². The van der Waals surface area contributed by atoms with E-state index in [1.165, 1.54) is 22.3 Å². The maximum absolute atomic E-state index is 14.6. The molecular weight excluding hydrogens is 385 g/mol. The van der Waals surface area contributed by atoms with Crippen molar-refractivity contribution in [2.24, 2.45) is 0 Å². The number of anilines is 2. The van der Waals surface area contributed by atoms with Gasteiger partial charge in [0.25, 0.3) is 5.91 Å². The second-order valence-corrected chi connectivity index (χ2v) is 7.35. The van der Waals surface area contributed by atoms with Gasteiger partial charge in [-0.15, -0.1) is 0 Å². The monoisotopic (exact) mass is 405 g/mol. The van der Waals surface area contributed by atoms with E-state index in [0.29, 0.717) is 43.2 Å². The second-order valence-electron chi connectivity index (χ2n) is 6.57. The van der Waals surface area contributed by atoms with Crippen molar-refractivity contribution in [1.82, 2.24) is 5.32 Å². The molecule has 2 amide bonds. The molecule has 1 aromatic carbocycles. The van der Waals surface area contributed by atoms with Gasteiger partial charge in [-0.25, -0.2) is 9.18 Å². The van der Waals surface area contributed by atoms with Crippen LogP contribution in [-0.4, -0.2) is 57.5 Å². The Morgan fingerprint density at radius 1 is 1.29 bits per heavy atom. The van der Waals surface area contributed by atoms with Gasteiger partial charge in [0.1, 0.15) is 11.9 Å². The first-order valence-electron chi connectivity index (χ1n) is 9.02. The molecule has 148 valence electrons. The molecule has 2 aliphatic rings. The van der Waals surface area contributed by atoms with E-state index in [9.17, 15) is 14.0 Å². The lowest BCUT2D eigenvalue weighted by atomic mass is 10.2. The van der Waals surface area contributed by atoms with E-state index in [1.54, 1.807) is 23.6 Å². The van der Waals surface area contributed by atoms with E-state index in [0.717, 1.165) is 0 Å². The maximum atomic E-state index is 14.6. The Kier molecular flexibility index (Phi) is 5.45. The Labute approximate surface area is 165 Å². The fourth-order valence-corrected chi connectivity index (χ4v) is 3.90. The molecule has 9 heteroatoms. The highest BCUT2D eigenvalue weighted by Crippen LogP contribution is 2.28. The number of morpholine rings is 1. The van der Waals surface area contributed by atoms with Gasteiger partial charge in [-0.2, -0.15) is 11.3 Å². The summed E-state index contributed by atoms with van der Waals surface area (Å²) in [5.41, 5.74) is 1.51. The summed E-state index contributed by atoms with van der Waals surface area (Å²) in [6.45, 7) is 2.85. The van der Waals surface area contributed by atoms with E-state index in [-0.39, 0.29) is 24.8 Å². The van der Waals surface area contributed by atoms with Crippen LogP contribution in [0.15, 0.2) is 35.0 Å². The lowest BCUT2D eigenvalue weighted by Crippen LogP contribution is -2.37. The molecule has 0 saturated carbocycles. The Balaban J connectivity index is 1.38. The standard InChI is InChI=1S/C19H20FN3O4S/c20-16-9-14(1-2-17(16)22-4-6-26-7-5-22)23-11-15(27-19(23)25)10-21-18(24)13-3-8-28-12-13/h1-3,8-9,12,15H,4-7,10-11H2,(H,21,24)/t15-/m0/s1. The van der Waals surface area contributed by atoms with Crippen molar-refractivity contribution in [3.63, 3.8) is 0 Å². The third-order valence-corrected chi connectivity index (χ3v) is 5.43. The number of carbonyl (C=O) groups excluding carboxylic acids is 2. The first kappa shape index (κ1) is 18.7. The van der Waals surface area contributed by atoms with Crippen molar-refractivity contribution < 1.29 is 23.5 Å². The average molecular weight is 405 g/mol. The lowest BCUT2D eigenvalue weighted by Gasteiger charge is -2.29. The number of rotatable bonds is 5. The number of hydrogen-bond acceptors (Lipinski definition) is 6. The van der Waals surface area contributed by atoms with Crippen LogP contribution in [0.5, 0.6) is 0 Å².